The quantitative estimate of drug-likeness (QED) is 0.577. The smallest absolute Gasteiger partial charge is 0.182 e. The van der Waals surface area contributed by atoms with Crippen molar-refractivity contribution in [2.24, 2.45) is 0 Å². The summed E-state index contributed by atoms with van der Waals surface area (Å²) in [5.74, 6) is 0.772. The molecule has 0 bridgehead atoms. The van der Waals surface area contributed by atoms with E-state index in [0.29, 0.717) is 0 Å². The summed E-state index contributed by atoms with van der Waals surface area (Å²) in [5, 5.41) is 19.4. The van der Waals surface area contributed by atoms with Gasteiger partial charge in [0.15, 0.2) is 5.82 Å². The number of benzene rings is 2. The molecule has 0 aliphatic carbocycles. The number of tetrazole rings is 1. The van der Waals surface area contributed by atoms with Gasteiger partial charge in [-0.1, -0.05) is 24.3 Å². The normalized spacial score (nSPS) is 10.8. The topological polar surface area (TPSA) is 86.3 Å². The van der Waals surface area contributed by atoms with Crippen LogP contribution in [0.3, 0.4) is 0 Å². The summed E-state index contributed by atoms with van der Waals surface area (Å²) < 4.78 is 3.51. The first-order chi connectivity index (χ1) is 12.8. The fourth-order valence-electron chi connectivity index (χ4n) is 2.70. The molecular formula is C18H18N8. The molecule has 8 heteroatoms. The molecule has 2 aromatic heterocycles. The van der Waals surface area contributed by atoms with E-state index in [1.807, 2.05) is 37.3 Å². The number of aryl methyl sites for hydroxylation is 1. The minimum atomic E-state index is 0.722. The summed E-state index contributed by atoms with van der Waals surface area (Å²) in [6.45, 7) is 3.48. The number of aromatic nitrogens is 7. The summed E-state index contributed by atoms with van der Waals surface area (Å²) in [7, 11) is 0. The minimum absolute atomic E-state index is 0.722. The fraction of sp³-hybridized carbons (Fsp3) is 0.167. The van der Waals surface area contributed by atoms with E-state index in [1.165, 1.54) is 11.9 Å². The molecule has 0 spiro atoms. The monoisotopic (exact) mass is 346 g/mol. The van der Waals surface area contributed by atoms with Crippen LogP contribution in [0.2, 0.25) is 0 Å². The van der Waals surface area contributed by atoms with Crippen LogP contribution in [-0.4, -0.2) is 35.0 Å². The van der Waals surface area contributed by atoms with Gasteiger partial charge in [-0.2, -0.15) is 5.10 Å². The second-order valence-corrected chi connectivity index (χ2v) is 5.76. The Labute approximate surface area is 150 Å². The zero-order valence-corrected chi connectivity index (χ0v) is 14.3. The van der Waals surface area contributed by atoms with Crippen LogP contribution in [0.1, 0.15) is 12.5 Å². The molecule has 0 saturated carbocycles. The molecule has 4 rings (SSSR count). The summed E-state index contributed by atoms with van der Waals surface area (Å²) in [6.07, 6.45) is 3.21. The molecule has 2 heterocycles. The minimum Gasteiger partial charge on any atom is -0.381 e. The molecule has 2 aromatic carbocycles. The van der Waals surface area contributed by atoms with Gasteiger partial charge in [0.2, 0.25) is 0 Å². The van der Waals surface area contributed by atoms with Crippen LogP contribution >= 0.6 is 0 Å². The van der Waals surface area contributed by atoms with Gasteiger partial charge in [0.05, 0.1) is 5.69 Å². The Balaban J connectivity index is 1.46. The highest BCUT2D eigenvalue weighted by Gasteiger charge is 2.08. The molecule has 1 N–H and O–H groups in total. The Morgan fingerprint density at radius 2 is 1.96 bits per heavy atom. The molecule has 4 aromatic rings. The maximum absolute atomic E-state index is 4.13. The van der Waals surface area contributed by atoms with Crippen LogP contribution in [0.5, 0.6) is 0 Å². The Hall–Kier alpha value is -3.55. The first kappa shape index (κ1) is 15.9. The molecule has 0 fully saturated rings. The average molecular weight is 346 g/mol. The second kappa shape index (κ2) is 7.14. The third kappa shape index (κ3) is 3.30. The highest BCUT2D eigenvalue weighted by atomic mass is 15.5. The Morgan fingerprint density at radius 1 is 1.08 bits per heavy atom. The fourth-order valence-corrected chi connectivity index (χ4v) is 2.70. The van der Waals surface area contributed by atoms with Crippen LogP contribution in [0.25, 0.3) is 17.1 Å². The summed E-state index contributed by atoms with van der Waals surface area (Å²) in [4.78, 5) is 3.96. The lowest BCUT2D eigenvalue weighted by molar-refractivity contribution is 0.631. The zero-order chi connectivity index (χ0) is 17.8. The molecule has 8 nitrogen and oxygen atoms in total. The number of nitrogens with one attached hydrogen (secondary N) is 1. The van der Waals surface area contributed by atoms with E-state index < -0.39 is 0 Å². The molecular weight excluding hydrogens is 328 g/mol. The van der Waals surface area contributed by atoms with Crippen LogP contribution in [0, 0.1) is 0 Å². The van der Waals surface area contributed by atoms with Crippen LogP contribution in [0.4, 0.5) is 5.69 Å². The molecule has 0 aliphatic heterocycles. The van der Waals surface area contributed by atoms with Gasteiger partial charge >= 0.3 is 0 Å². The van der Waals surface area contributed by atoms with Crippen LogP contribution in [0.15, 0.2) is 61.2 Å². The van der Waals surface area contributed by atoms with Crippen molar-refractivity contribution < 1.29 is 0 Å². The van der Waals surface area contributed by atoms with Crippen molar-refractivity contribution in [1.82, 2.24) is 35.0 Å². The van der Waals surface area contributed by atoms with Gasteiger partial charge < -0.3 is 5.32 Å². The van der Waals surface area contributed by atoms with Crippen LogP contribution in [-0.2, 0) is 13.1 Å². The van der Waals surface area contributed by atoms with Crippen molar-refractivity contribution in [2.45, 2.75) is 20.0 Å². The molecule has 0 atom stereocenters. The molecule has 0 aliphatic rings. The molecule has 26 heavy (non-hydrogen) atoms. The van der Waals surface area contributed by atoms with E-state index in [2.05, 4.69) is 49.1 Å². The van der Waals surface area contributed by atoms with E-state index in [1.54, 1.807) is 15.7 Å². The number of hydrogen-bond acceptors (Lipinski definition) is 6. The molecule has 0 amide bonds. The van der Waals surface area contributed by atoms with Gasteiger partial charge in [0.25, 0.3) is 0 Å². The number of nitrogens with zero attached hydrogens (tertiary/aromatic N) is 7. The van der Waals surface area contributed by atoms with Gasteiger partial charge in [-0.15, -0.1) is 5.10 Å². The van der Waals surface area contributed by atoms with E-state index >= 15 is 0 Å². The van der Waals surface area contributed by atoms with Crippen molar-refractivity contribution in [2.75, 3.05) is 5.32 Å². The Bertz CT molecular complexity index is 973. The Kier molecular flexibility index (Phi) is 4.38. The van der Waals surface area contributed by atoms with Crippen molar-refractivity contribution in [1.29, 1.82) is 0 Å². The second-order valence-electron chi connectivity index (χ2n) is 5.76. The van der Waals surface area contributed by atoms with E-state index in [0.717, 1.165) is 35.9 Å². The number of anilines is 1. The highest BCUT2D eigenvalue weighted by molar-refractivity contribution is 5.62. The van der Waals surface area contributed by atoms with Crippen molar-refractivity contribution >= 4 is 5.69 Å². The van der Waals surface area contributed by atoms with Crippen molar-refractivity contribution in [3.63, 3.8) is 0 Å². The van der Waals surface area contributed by atoms with Gasteiger partial charge in [-0.3, -0.25) is 0 Å². The predicted octanol–water partition coefficient (Wildman–Crippen LogP) is 2.55. The van der Waals surface area contributed by atoms with Crippen molar-refractivity contribution in [3.8, 4) is 17.1 Å². The maximum atomic E-state index is 4.13. The lowest BCUT2D eigenvalue weighted by Crippen LogP contribution is -2.02. The third-order valence-electron chi connectivity index (χ3n) is 4.07. The molecule has 0 saturated heterocycles. The van der Waals surface area contributed by atoms with Crippen molar-refractivity contribution in [3.05, 3.63) is 66.7 Å². The number of rotatable bonds is 6. The summed E-state index contributed by atoms with van der Waals surface area (Å²) in [6, 6.07) is 16.3. The lowest BCUT2D eigenvalue weighted by atomic mass is 10.1. The van der Waals surface area contributed by atoms with Gasteiger partial charge in [-0.25, -0.2) is 14.3 Å². The largest absolute Gasteiger partial charge is 0.381 e. The van der Waals surface area contributed by atoms with Gasteiger partial charge in [0, 0.05) is 24.3 Å². The van der Waals surface area contributed by atoms with Gasteiger partial charge in [-0.05, 0) is 47.2 Å². The zero-order valence-electron chi connectivity index (χ0n) is 14.3. The van der Waals surface area contributed by atoms with Gasteiger partial charge in [0.1, 0.15) is 12.7 Å². The Morgan fingerprint density at radius 3 is 2.73 bits per heavy atom. The first-order valence-corrected chi connectivity index (χ1v) is 8.38. The van der Waals surface area contributed by atoms with E-state index in [-0.39, 0.29) is 0 Å². The highest BCUT2D eigenvalue weighted by Crippen LogP contribution is 2.20. The van der Waals surface area contributed by atoms with E-state index in [9.17, 15) is 0 Å². The van der Waals surface area contributed by atoms with E-state index in [4.69, 9.17) is 0 Å². The number of hydrogen-bond donors (Lipinski definition) is 1. The predicted molar refractivity (Wildman–Crippen MR) is 97.6 cm³/mol. The third-order valence-corrected chi connectivity index (χ3v) is 4.07. The molecule has 0 radical (unpaired) electrons. The van der Waals surface area contributed by atoms with Crippen LogP contribution < -0.4 is 5.32 Å². The molecule has 0 unspecified atom stereocenters. The standard InChI is InChI=1S/C18H18N8/c1-2-25-18(22-23-24-25)15-4-3-5-16(10-15)20-11-14-6-8-17(9-7-14)26-13-19-12-21-26/h3-10,12-13,20H,2,11H2,1H3. The maximum Gasteiger partial charge on any atom is 0.182 e. The SMILES string of the molecule is CCn1nnnc1-c1cccc(NCc2ccc(-n3cncn3)cc2)c1. The molecule has 130 valence electrons. The average Bonchev–Trinajstić information content (AvgIpc) is 3.38. The summed E-state index contributed by atoms with van der Waals surface area (Å²) in [5.41, 5.74) is 4.18. The summed E-state index contributed by atoms with van der Waals surface area (Å²) >= 11 is 0. The first-order valence-electron chi connectivity index (χ1n) is 8.38. The lowest BCUT2D eigenvalue weighted by Gasteiger charge is -2.09.